The van der Waals surface area contributed by atoms with E-state index in [0.29, 0.717) is 34.5 Å². The van der Waals surface area contributed by atoms with Crippen LogP contribution < -0.4 is 10.1 Å². The lowest BCUT2D eigenvalue weighted by Gasteiger charge is -2.15. The number of aromatic nitrogens is 3. The number of amides is 1. The number of thiazole rings is 1. The highest BCUT2D eigenvalue weighted by Gasteiger charge is 2.25. The van der Waals surface area contributed by atoms with Crippen LogP contribution in [0.2, 0.25) is 0 Å². The van der Waals surface area contributed by atoms with Crippen molar-refractivity contribution in [2.45, 2.75) is 32.2 Å². The molecule has 1 aliphatic carbocycles. The van der Waals surface area contributed by atoms with Gasteiger partial charge in [0.2, 0.25) is 5.88 Å². The summed E-state index contributed by atoms with van der Waals surface area (Å²) in [5, 5.41) is 7.37. The molecule has 2 aromatic heterocycles. The Balaban J connectivity index is 1.57. The van der Waals surface area contributed by atoms with Crippen LogP contribution in [0.3, 0.4) is 0 Å². The van der Waals surface area contributed by atoms with Gasteiger partial charge >= 0.3 is 0 Å². The molecule has 22 heavy (non-hydrogen) atoms. The van der Waals surface area contributed by atoms with E-state index in [4.69, 9.17) is 4.74 Å². The lowest BCUT2D eigenvalue weighted by atomic mass is 10.0. The summed E-state index contributed by atoms with van der Waals surface area (Å²) in [6, 6.07) is 0. The van der Waals surface area contributed by atoms with Crippen molar-refractivity contribution in [2.75, 3.05) is 11.9 Å². The van der Waals surface area contributed by atoms with Crippen LogP contribution in [0.5, 0.6) is 5.88 Å². The standard InChI is InChI=1S/C14H14N4O3S/c19-10-4-1-3-9-11(10)22-14(16-9)17-12(20)8-7-15-18-5-2-6-21-13(8)18/h7H,1-6H2,(H,16,17,20). The molecular weight excluding hydrogens is 304 g/mol. The summed E-state index contributed by atoms with van der Waals surface area (Å²) in [5.74, 6) is 0.313. The summed E-state index contributed by atoms with van der Waals surface area (Å²) in [5.41, 5.74) is 1.20. The first kappa shape index (κ1) is 13.4. The first-order chi connectivity index (χ1) is 10.7. The van der Waals surface area contributed by atoms with E-state index in [0.717, 1.165) is 31.5 Å². The van der Waals surface area contributed by atoms with E-state index < -0.39 is 0 Å². The van der Waals surface area contributed by atoms with Crippen molar-refractivity contribution in [2.24, 2.45) is 0 Å². The van der Waals surface area contributed by atoms with Gasteiger partial charge in [0.1, 0.15) is 5.56 Å². The van der Waals surface area contributed by atoms with Gasteiger partial charge in [-0.3, -0.25) is 14.9 Å². The smallest absolute Gasteiger partial charge is 0.264 e. The number of hydrogen-bond donors (Lipinski definition) is 1. The highest BCUT2D eigenvalue weighted by Crippen LogP contribution is 2.30. The van der Waals surface area contributed by atoms with E-state index in [1.807, 2.05) is 0 Å². The lowest BCUT2D eigenvalue weighted by molar-refractivity contribution is 0.0974. The van der Waals surface area contributed by atoms with Crippen molar-refractivity contribution in [3.05, 3.63) is 22.3 Å². The number of anilines is 1. The predicted octanol–water partition coefficient (Wildman–Crippen LogP) is 1.89. The number of ketones is 1. The molecule has 2 aliphatic rings. The van der Waals surface area contributed by atoms with Crippen LogP contribution in [0, 0.1) is 0 Å². The maximum absolute atomic E-state index is 12.4. The molecule has 0 unspecified atom stereocenters. The topological polar surface area (TPSA) is 86.1 Å². The summed E-state index contributed by atoms with van der Waals surface area (Å²) in [6.45, 7) is 1.34. The number of nitrogens with one attached hydrogen (secondary N) is 1. The Labute approximate surface area is 130 Å². The van der Waals surface area contributed by atoms with E-state index in [9.17, 15) is 9.59 Å². The minimum Gasteiger partial charge on any atom is -0.477 e. The molecule has 0 saturated carbocycles. The van der Waals surface area contributed by atoms with Gasteiger partial charge < -0.3 is 4.74 Å². The van der Waals surface area contributed by atoms with E-state index in [-0.39, 0.29) is 11.7 Å². The number of aryl methyl sites for hydroxylation is 2. The van der Waals surface area contributed by atoms with Gasteiger partial charge in [0.25, 0.3) is 5.91 Å². The summed E-state index contributed by atoms with van der Waals surface area (Å²) in [7, 11) is 0. The predicted molar refractivity (Wildman–Crippen MR) is 79.7 cm³/mol. The summed E-state index contributed by atoms with van der Waals surface area (Å²) in [6.07, 6.45) is 4.58. The quantitative estimate of drug-likeness (QED) is 0.914. The van der Waals surface area contributed by atoms with Gasteiger partial charge in [-0.25, -0.2) is 9.67 Å². The molecule has 3 heterocycles. The van der Waals surface area contributed by atoms with E-state index in [2.05, 4.69) is 15.4 Å². The van der Waals surface area contributed by atoms with Crippen molar-refractivity contribution in [3.63, 3.8) is 0 Å². The molecule has 2 aromatic rings. The van der Waals surface area contributed by atoms with Crippen molar-refractivity contribution in [1.82, 2.24) is 14.8 Å². The van der Waals surface area contributed by atoms with E-state index in [1.54, 1.807) is 4.68 Å². The Morgan fingerprint density at radius 1 is 1.36 bits per heavy atom. The van der Waals surface area contributed by atoms with Crippen molar-refractivity contribution in [3.8, 4) is 5.88 Å². The average molecular weight is 318 g/mol. The number of rotatable bonds is 2. The fourth-order valence-electron chi connectivity index (χ4n) is 2.71. The Morgan fingerprint density at radius 2 is 2.27 bits per heavy atom. The third-order valence-corrected chi connectivity index (χ3v) is 4.83. The first-order valence-electron chi connectivity index (χ1n) is 7.25. The van der Waals surface area contributed by atoms with Gasteiger partial charge in [-0.2, -0.15) is 5.10 Å². The first-order valence-corrected chi connectivity index (χ1v) is 8.07. The number of fused-ring (bicyclic) bond motifs is 2. The van der Waals surface area contributed by atoms with Crippen LogP contribution in [0.4, 0.5) is 5.13 Å². The number of nitrogens with zero attached hydrogens (tertiary/aromatic N) is 3. The zero-order valence-corrected chi connectivity index (χ0v) is 12.6. The molecule has 1 amide bonds. The minimum absolute atomic E-state index is 0.116. The number of hydrogen-bond acceptors (Lipinski definition) is 6. The van der Waals surface area contributed by atoms with E-state index in [1.165, 1.54) is 17.5 Å². The molecule has 0 radical (unpaired) electrons. The number of ether oxygens (including phenoxy) is 1. The minimum atomic E-state index is -0.304. The molecule has 0 spiro atoms. The SMILES string of the molecule is O=C(Nc1nc2c(s1)C(=O)CCC2)c1cnn2c1OCCC2. The molecular formula is C14H14N4O3S. The second kappa shape index (κ2) is 5.20. The maximum Gasteiger partial charge on any atom is 0.264 e. The average Bonchev–Trinajstić information content (AvgIpc) is 3.11. The molecule has 0 saturated heterocycles. The number of Topliss-reactive ketones (excluding diaryl/α,β-unsaturated/α-hetero) is 1. The second-order valence-electron chi connectivity index (χ2n) is 5.31. The van der Waals surface area contributed by atoms with Gasteiger partial charge in [-0.15, -0.1) is 0 Å². The zero-order valence-electron chi connectivity index (χ0n) is 11.8. The third kappa shape index (κ3) is 2.19. The molecule has 0 bridgehead atoms. The van der Waals surface area contributed by atoms with Crippen molar-refractivity contribution in [1.29, 1.82) is 0 Å². The summed E-state index contributed by atoms with van der Waals surface area (Å²) < 4.78 is 7.21. The highest BCUT2D eigenvalue weighted by molar-refractivity contribution is 7.17. The number of carbonyl (C=O) groups is 2. The second-order valence-corrected chi connectivity index (χ2v) is 6.31. The summed E-state index contributed by atoms with van der Waals surface area (Å²) in [4.78, 5) is 29.2. The Morgan fingerprint density at radius 3 is 3.14 bits per heavy atom. The normalized spacial score (nSPS) is 16.6. The van der Waals surface area contributed by atoms with Gasteiger partial charge in [0, 0.05) is 19.4 Å². The van der Waals surface area contributed by atoms with Crippen LogP contribution in [-0.4, -0.2) is 33.1 Å². The molecule has 0 atom stereocenters. The Kier molecular flexibility index (Phi) is 3.18. The van der Waals surface area contributed by atoms with Crippen molar-refractivity contribution < 1.29 is 14.3 Å². The van der Waals surface area contributed by atoms with Gasteiger partial charge in [0.05, 0.1) is 23.4 Å². The monoisotopic (exact) mass is 318 g/mol. The van der Waals surface area contributed by atoms with Crippen LogP contribution in [-0.2, 0) is 13.0 Å². The Bertz CT molecular complexity index is 764. The van der Waals surface area contributed by atoms with Crippen LogP contribution in [0.15, 0.2) is 6.20 Å². The molecule has 114 valence electrons. The maximum atomic E-state index is 12.4. The molecule has 7 nitrogen and oxygen atoms in total. The molecule has 4 rings (SSSR count). The van der Waals surface area contributed by atoms with E-state index >= 15 is 0 Å². The fraction of sp³-hybridized carbons (Fsp3) is 0.429. The molecule has 1 N–H and O–H groups in total. The van der Waals surface area contributed by atoms with Gasteiger partial charge in [0.15, 0.2) is 10.9 Å². The van der Waals surface area contributed by atoms with Gasteiger partial charge in [-0.05, 0) is 12.8 Å². The van der Waals surface area contributed by atoms with Crippen LogP contribution in [0.25, 0.3) is 0 Å². The zero-order chi connectivity index (χ0) is 15.1. The molecule has 8 heteroatoms. The fourth-order valence-corrected chi connectivity index (χ4v) is 3.69. The number of carbonyl (C=O) groups excluding carboxylic acids is 2. The van der Waals surface area contributed by atoms with Crippen LogP contribution in [0.1, 0.15) is 45.0 Å². The van der Waals surface area contributed by atoms with Crippen molar-refractivity contribution >= 4 is 28.2 Å². The Hall–Kier alpha value is -2.22. The lowest BCUT2D eigenvalue weighted by Crippen LogP contribution is -2.18. The van der Waals surface area contributed by atoms with Crippen LogP contribution >= 0.6 is 11.3 Å². The molecule has 1 aliphatic heterocycles. The highest BCUT2D eigenvalue weighted by atomic mass is 32.1. The molecule has 0 fully saturated rings. The van der Waals surface area contributed by atoms with Gasteiger partial charge in [-0.1, -0.05) is 11.3 Å². The third-order valence-electron chi connectivity index (χ3n) is 3.78. The summed E-state index contributed by atoms with van der Waals surface area (Å²) >= 11 is 1.25. The largest absolute Gasteiger partial charge is 0.477 e. The molecule has 0 aromatic carbocycles.